The molecule has 2 aromatic heterocycles. The summed E-state index contributed by atoms with van der Waals surface area (Å²) in [6.07, 6.45) is 5.34. The Labute approximate surface area is 148 Å². The van der Waals surface area contributed by atoms with Crippen LogP contribution in [0.15, 0.2) is 48.8 Å². The molecular weight excluding hydrogens is 348 g/mol. The standard InChI is InChI=1S/C17H13F2N5.ClH/c18-13(1-2-20)9-24-10-23-17-15(3-11(6-21)4-16(17)24)12-5-14(19)8-22-7-12;/h1,3-5,7-8,10H,2,9,20H2;1H. The van der Waals surface area contributed by atoms with Gasteiger partial charge in [0.2, 0.25) is 0 Å². The van der Waals surface area contributed by atoms with E-state index in [1.807, 2.05) is 0 Å². The Morgan fingerprint density at radius 3 is 2.80 bits per heavy atom. The number of benzene rings is 1. The highest BCUT2D eigenvalue weighted by molar-refractivity contribution is 5.93. The zero-order valence-electron chi connectivity index (χ0n) is 13.0. The van der Waals surface area contributed by atoms with Gasteiger partial charge in [0.05, 0.1) is 41.7 Å². The maximum Gasteiger partial charge on any atom is 0.142 e. The topological polar surface area (TPSA) is 80.5 Å². The summed E-state index contributed by atoms with van der Waals surface area (Å²) in [6.45, 7) is 0.0611. The lowest BCUT2D eigenvalue weighted by molar-refractivity contribution is 0.558. The number of aromatic nitrogens is 3. The number of nitriles is 1. The van der Waals surface area contributed by atoms with Gasteiger partial charge >= 0.3 is 0 Å². The third-order valence-corrected chi connectivity index (χ3v) is 3.53. The summed E-state index contributed by atoms with van der Waals surface area (Å²) in [5.74, 6) is -0.882. The van der Waals surface area contributed by atoms with Crippen molar-refractivity contribution in [1.82, 2.24) is 14.5 Å². The van der Waals surface area contributed by atoms with Crippen molar-refractivity contribution in [2.75, 3.05) is 6.54 Å². The molecule has 5 nitrogen and oxygen atoms in total. The van der Waals surface area contributed by atoms with Gasteiger partial charge in [0.25, 0.3) is 0 Å². The highest BCUT2D eigenvalue weighted by Gasteiger charge is 2.13. The van der Waals surface area contributed by atoms with Crippen LogP contribution in [0, 0.1) is 17.1 Å². The minimum Gasteiger partial charge on any atom is -0.327 e. The first kappa shape index (κ1) is 18.5. The van der Waals surface area contributed by atoms with Crippen LogP contribution < -0.4 is 5.73 Å². The largest absolute Gasteiger partial charge is 0.327 e. The summed E-state index contributed by atoms with van der Waals surface area (Å²) < 4.78 is 28.8. The first-order valence-corrected chi connectivity index (χ1v) is 7.17. The fourth-order valence-electron chi connectivity index (χ4n) is 2.49. The number of allylic oxidation sites excluding steroid dienone is 1. The second-order valence-corrected chi connectivity index (χ2v) is 5.15. The van der Waals surface area contributed by atoms with E-state index in [0.717, 1.165) is 6.20 Å². The zero-order chi connectivity index (χ0) is 17.1. The van der Waals surface area contributed by atoms with E-state index in [4.69, 9.17) is 5.73 Å². The summed E-state index contributed by atoms with van der Waals surface area (Å²) in [5, 5.41) is 9.25. The number of imidazole rings is 1. The van der Waals surface area contributed by atoms with Gasteiger partial charge < -0.3 is 10.3 Å². The van der Waals surface area contributed by atoms with Crippen LogP contribution in [0.25, 0.3) is 22.2 Å². The summed E-state index contributed by atoms with van der Waals surface area (Å²) in [7, 11) is 0. The molecule has 3 aromatic rings. The van der Waals surface area contributed by atoms with Crippen molar-refractivity contribution >= 4 is 23.4 Å². The molecule has 0 saturated carbocycles. The van der Waals surface area contributed by atoms with Crippen LogP contribution in [0.3, 0.4) is 0 Å². The molecule has 1 aromatic carbocycles. The summed E-state index contributed by atoms with van der Waals surface area (Å²) in [4.78, 5) is 8.12. The summed E-state index contributed by atoms with van der Waals surface area (Å²) in [5.41, 5.74) is 7.86. The van der Waals surface area contributed by atoms with Crippen LogP contribution in [0.1, 0.15) is 5.56 Å². The average molecular weight is 362 g/mol. The number of hydrogen-bond acceptors (Lipinski definition) is 4. The lowest BCUT2D eigenvalue weighted by atomic mass is 10.0. The number of rotatable bonds is 4. The van der Waals surface area contributed by atoms with E-state index >= 15 is 0 Å². The van der Waals surface area contributed by atoms with E-state index in [1.165, 1.54) is 24.7 Å². The number of nitrogens with zero attached hydrogens (tertiary/aromatic N) is 4. The molecule has 0 spiro atoms. The highest BCUT2D eigenvalue weighted by atomic mass is 35.5. The van der Waals surface area contributed by atoms with Crippen molar-refractivity contribution in [2.24, 2.45) is 5.73 Å². The molecule has 0 bridgehead atoms. The SMILES string of the molecule is Cl.N#Cc1cc(-c2cncc(F)c2)c2ncn(CC(F)=CCN)c2c1. The molecule has 3 rings (SSSR count). The van der Waals surface area contributed by atoms with E-state index in [-0.39, 0.29) is 25.5 Å². The monoisotopic (exact) mass is 361 g/mol. The second kappa shape index (κ2) is 7.83. The predicted octanol–water partition coefficient (Wildman–Crippen LogP) is 3.34. The molecule has 0 fully saturated rings. The van der Waals surface area contributed by atoms with Crippen LogP contribution in [0.2, 0.25) is 0 Å². The molecule has 0 unspecified atom stereocenters. The van der Waals surface area contributed by atoms with Crippen molar-refractivity contribution in [3.8, 4) is 17.2 Å². The van der Waals surface area contributed by atoms with Gasteiger partial charge in [-0.1, -0.05) is 0 Å². The van der Waals surface area contributed by atoms with Crippen molar-refractivity contribution in [3.63, 3.8) is 0 Å². The summed E-state index contributed by atoms with van der Waals surface area (Å²) >= 11 is 0. The molecule has 2 heterocycles. The Morgan fingerprint density at radius 1 is 1.32 bits per heavy atom. The number of nitrogens with two attached hydrogens (primary N) is 1. The maximum atomic E-state index is 13.8. The van der Waals surface area contributed by atoms with Crippen molar-refractivity contribution in [1.29, 1.82) is 5.26 Å². The first-order chi connectivity index (χ1) is 11.6. The van der Waals surface area contributed by atoms with Crippen molar-refractivity contribution in [3.05, 3.63) is 60.2 Å². The number of fused-ring (bicyclic) bond motifs is 1. The second-order valence-electron chi connectivity index (χ2n) is 5.15. The molecule has 2 N–H and O–H groups in total. The highest BCUT2D eigenvalue weighted by Crippen LogP contribution is 2.29. The Kier molecular flexibility index (Phi) is 5.80. The minimum atomic E-state index is -0.487. The Balaban J connectivity index is 0.00000225. The van der Waals surface area contributed by atoms with E-state index in [0.29, 0.717) is 27.7 Å². The molecule has 128 valence electrons. The van der Waals surface area contributed by atoms with E-state index in [2.05, 4.69) is 16.0 Å². The van der Waals surface area contributed by atoms with Crippen molar-refractivity contribution < 1.29 is 8.78 Å². The molecule has 0 atom stereocenters. The van der Waals surface area contributed by atoms with Gasteiger partial charge in [0.15, 0.2) is 0 Å². The number of pyridine rings is 1. The molecular formula is C17H14ClF2N5. The summed E-state index contributed by atoms with van der Waals surface area (Å²) in [6, 6.07) is 6.60. The average Bonchev–Trinajstić information content (AvgIpc) is 2.97. The molecule has 8 heteroatoms. The molecule has 0 amide bonds. The van der Waals surface area contributed by atoms with Gasteiger partial charge in [0.1, 0.15) is 11.6 Å². The van der Waals surface area contributed by atoms with Gasteiger partial charge in [-0.15, -0.1) is 12.4 Å². The molecule has 0 radical (unpaired) electrons. The van der Waals surface area contributed by atoms with Gasteiger partial charge in [-0.25, -0.2) is 13.8 Å². The lowest BCUT2D eigenvalue weighted by Crippen LogP contribution is -2.00. The van der Waals surface area contributed by atoms with Gasteiger partial charge in [-0.2, -0.15) is 5.26 Å². The van der Waals surface area contributed by atoms with Crippen molar-refractivity contribution in [2.45, 2.75) is 6.54 Å². The quantitative estimate of drug-likeness (QED) is 0.772. The molecule has 0 aliphatic carbocycles. The van der Waals surface area contributed by atoms with E-state index in [1.54, 1.807) is 16.7 Å². The fraction of sp³-hybridized carbons (Fsp3) is 0.118. The Hall–Kier alpha value is -2.82. The lowest BCUT2D eigenvalue weighted by Gasteiger charge is -2.06. The molecule has 0 saturated heterocycles. The Bertz CT molecular complexity index is 975. The number of halogens is 3. The zero-order valence-corrected chi connectivity index (χ0v) is 13.8. The third-order valence-electron chi connectivity index (χ3n) is 3.53. The Morgan fingerprint density at radius 2 is 2.12 bits per heavy atom. The number of hydrogen-bond donors (Lipinski definition) is 1. The predicted molar refractivity (Wildman–Crippen MR) is 93.1 cm³/mol. The maximum absolute atomic E-state index is 13.8. The first-order valence-electron chi connectivity index (χ1n) is 7.17. The minimum absolute atomic E-state index is 0. The van der Waals surface area contributed by atoms with Crippen LogP contribution in [-0.2, 0) is 6.54 Å². The van der Waals surface area contributed by atoms with Crippen LogP contribution >= 0.6 is 12.4 Å². The normalized spacial score (nSPS) is 11.2. The van der Waals surface area contributed by atoms with Crippen LogP contribution in [-0.4, -0.2) is 21.1 Å². The van der Waals surface area contributed by atoms with E-state index < -0.39 is 11.6 Å². The van der Waals surface area contributed by atoms with Crippen LogP contribution in [0.4, 0.5) is 8.78 Å². The van der Waals surface area contributed by atoms with Gasteiger partial charge in [0, 0.05) is 23.9 Å². The van der Waals surface area contributed by atoms with E-state index in [9.17, 15) is 14.0 Å². The molecule has 0 aliphatic heterocycles. The smallest absolute Gasteiger partial charge is 0.142 e. The van der Waals surface area contributed by atoms with Crippen LogP contribution in [0.5, 0.6) is 0 Å². The molecule has 0 aliphatic rings. The molecule has 25 heavy (non-hydrogen) atoms. The third kappa shape index (κ3) is 3.82. The fourth-order valence-corrected chi connectivity index (χ4v) is 2.49. The van der Waals surface area contributed by atoms with Gasteiger partial charge in [-0.05, 0) is 24.3 Å². The van der Waals surface area contributed by atoms with Gasteiger partial charge in [-0.3, -0.25) is 4.98 Å².